The van der Waals surface area contributed by atoms with Crippen LogP contribution in [0.3, 0.4) is 0 Å². The molecule has 1 aliphatic heterocycles. The van der Waals surface area contributed by atoms with E-state index in [1.807, 2.05) is 6.07 Å². The van der Waals surface area contributed by atoms with Gasteiger partial charge in [-0.1, -0.05) is 0 Å². The third kappa shape index (κ3) is 4.79. The quantitative estimate of drug-likeness (QED) is 0.751. The van der Waals surface area contributed by atoms with Crippen LogP contribution >= 0.6 is 0 Å². The van der Waals surface area contributed by atoms with E-state index < -0.39 is 10.0 Å². The second-order valence-corrected chi connectivity index (χ2v) is 6.62. The largest absolute Gasteiger partial charge is 0.377 e. The molecular formula is C14H19N3O3S. The Bertz CT molecular complexity index is 587. The molecule has 0 atom stereocenters. The van der Waals surface area contributed by atoms with Crippen LogP contribution in [0.4, 0.5) is 0 Å². The van der Waals surface area contributed by atoms with Gasteiger partial charge in [-0.05, 0) is 50.2 Å². The summed E-state index contributed by atoms with van der Waals surface area (Å²) in [6, 6.07) is 7.78. The van der Waals surface area contributed by atoms with Gasteiger partial charge in [0.1, 0.15) is 0 Å². The summed E-state index contributed by atoms with van der Waals surface area (Å²) in [6.45, 7) is 2.50. The van der Waals surface area contributed by atoms with E-state index in [4.69, 9.17) is 10.00 Å². The van der Waals surface area contributed by atoms with Crippen molar-refractivity contribution in [1.82, 2.24) is 10.0 Å². The molecule has 0 spiro atoms. The van der Waals surface area contributed by atoms with Crippen LogP contribution in [-0.2, 0) is 14.8 Å². The smallest absolute Gasteiger partial charge is 0.240 e. The number of hydrogen-bond donors (Lipinski definition) is 2. The second-order valence-electron chi connectivity index (χ2n) is 4.85. The molecule has 1 aromatic carbocycles. The molecule has 0 radical (unpaired) electrons. The van der Waals surface area contributed by atoms with E-state index >= 15 is 0 Å². The van der Waals surface area contributed by atoms with Crippen LogP contribution in [0.25, 0.3) is 0 Å². The molecule has 0 unspecified atom stereocenters. The van der Waals surface area contributed by atoms with E-state index in [1.165, 1.54) is 24.3 Å². The van der Waals surface area contributed by atoms with E-state index in [9.17, 15) is 8.42 Å². The Morgan fingerprint density at radius 1 is 1.29 bits per heavy atom. The van der Waals surface area contributed by atoms with E-state index in [2.05, 4.69) is 10.0 Å². The number of benzene rings is 1. The predicted octanol–water partition coefficient (Wildman–Crippen LogP) is 0.605. The summed E-state index contributed by atoms with van der Waals surface area (Å²) in [7, 11) is -3.54. The van der Waals surface area contributed by atoms with Gasteiger partial charge in [0.2, 0.25) is 10.0 Å². The van der Waals surface area contributed by atoms with Gasteiger partial charge in [-0.25, -0.2) is 13.1 Å². The lowest BCUT2D eigenvalue weighted by atomic mass is 10.1. The fourth-order valence-electron chi connectivity index (χ4n) is 2.16. The zero-order valence-corrected chi connectivity index (χ0v) is 12.5. The lowest BCUT2D eigenvalue weighted by Gasteiger charge is -2.22. The van der Waals surface area contributed by atoms with Crippen molar-refractivity contribution in [3.63, 3.8) is 0 Å². The predicted molar refractivity (Wildman–Crippen MR) is 78.2 cm³/mol. The Kier molecular flexibility index (Phi) is 5.70. The summed E-state index contributed by atoms with van der Waals surface area (Å²) < 4.78 is 32.2. The lowest BCUT2D eigenvalue weighted by molar-refractivity contribution is 0.0367. The molecule has 114 valence electrons. The van der Waals surface area contributed by atoms with Crippen LogP contribution < -0.4 is 10.0 Å². The van der Waals surface area contributed by atoms with Gasteiger partial charge in [0.25, 0.3) is 0 Å². The van der Waals surface area contributed by atoms with E-state index in [0.29, 0.717) is 12.2 Å². The number of hydrogen-bond acceptors (Lipinski definition) is 5. The first-order valence-electron chi connectivity index (χ1n) is 6.94. The molecule has 0 amide bonds. The van der Waals surface area contributed by atoms with Gasteiger partial charge in [0, 0.05) is 6.54 Å². The molecular weight excluding hydrogens is 290 g/mol. The average molecular weight is 309 g/mol. The second kappa shape index (κ2) is 7.52. The average Bonchev–Trinajstić information content (AvgIpc) is 2.53. The van der Waals surface area contributed by atoms with Gasteiger partial charge in [-0.15, -0.1) is 0 Å². The summed E-state index contributed by atoms with van der Waals surface area (Å²) in [4.78, 5) is 0.156. The first-order valence-corrected chi connectivity index (χ1v) is 8.42. The Balaban J connectivity index is 1.79. The van der Waals surface area contributed by atoms with Gasteiger partial charge >= 0.3 is 0 Å². The van der Waals surface area contributed by atoms with E-state index in [0.717, 1.165) is 25.9 Å². The van der Waals surface area contributed by atoms with Crippen LogP contribution in [-0.4, -0.2) is 40.8 Å². The van der Waals surface area contributed by atoms with Gasteiger partial charge in [-0.2, -0.15) is 5.26 Å². The van der Waals surface area contributed by atoms with Crippen LogP contribution in [0.2, 0.25) is 0 Å². The molecule has 1 saturated heterocycles. The summed E-state index contributed by atoms with van der Waals surface area (Å²) in [5, 5.41) is 11.9. The highest BCUT2D eigenvalue weighted by Gasteiger charge is 2.15. The summed E-state index contributed by atoms with van der Waals surface area (Å²) >= 11 is 0. The fraction of sp³-hybridized carbons (Fsp3) is 0.500. The minimum absolute atomic E-state index is 0.156. The minimum atomic E-state index is -3.54. The molecule has 0 aliphatic carbocycles. The number of piperidine rings is 1. The van der Waals surface area contributed by atoms with Crippen LogP contribution in [0.15, 0.2) is 29.2 Å². The Hall–Kier alpha value is -1.46. The molecule has 1 fully saturated rings. The van der Waals surface area contributed by atoms with E-state index in [-0.39, 0.29) is 17.5 Å². The number of sulfonamides is 1. The third-order valence-electron chi connectivity index (χ3n) is 3.33. The molecule has 21 heavy (non-hydrogen) atoms. The standard InChI is InChI=1S/C14H19N3O3S/c15-11-12-1-3-14(4-2-12)21(18,19)17-9-10-20-13-5-7-16-8-6-13/h1-4,13,16-17H,5-10H2. The number of nitriles is 1. The molecule has 0 bridgehead atoms. The molecule has 6 nitrogen and oxygen atoms in total. The van der Waals surface area contributed by atoms with Crippen molar-refractivity contribution in [2.45, 2.75) is 23.8 Å². The van der Waals surface area contributed by atoms with Crippen LogP contribution in [0.1, 0.15) is 18.4 Å². The molecule has 1 aromatic rings. The van der Waals surface area contributed by atoms with E-state index in [1.54, 1.807) is 0 Å². The molecule has 1 aliphatic rings. The normalized spacial score (nSPS) is 16.5. The van der Waals surface area contributed by atoms with Crippen LogP contribution in [0.5, 0.6) is 0 Å². The maximum absolute atomic E-state index is 12.0. The SMILES string of the molecule is N#Cc1ccc(S(=O)(=O)NCCOC2CCNCC2)cc1. The van der Waals surface area contributed by atoms with Crippen molar-refractivity contribution < 1.29 is 13.2 Å². The topological polar surface area (TPSA) is 91.2 Å². The van der Waals surface area contributed by atoms with Crippen molar-refractivity contribution >= 4 is 10.0 Å². The van der Waals surface area contributed by atoms with Crippen molar-refractivity contribution in [1.29, 1.82) is 5.26 Å². The van der Waals surface area contributed by atoms with Crippen molar-refractivity contribution in [3.8, 4) is 6.07 Å². The molecule has 1 heterocycles. The third-order valence-corrected chi connectivity index (χ3v) is 4.80. The van der Waals surface area contributed by atoms with Gasteiger partial charge < -0.3 is 10.1 Å². The highest BCUT2D eigenvalue weighted by Crippen LogP contribution is 2.10. The van der Waals surface area contributed by atoms with Gasteiger partial charge in [0.05, 0.1) is 29.2 Å². The molecule has 7 heteroatoms. The van der Waals surface area contributed by atoms with Crippen molar-refractivity contribution in [2.24, 2.45) is 0 Å². The number of rotatable bonds is 6. The Labute approximate surface area is 125 Å². The zero-order chi connectivity index (χ0) is 15.1. The first-order chi connectivity index (χ1) is 10.1. The minimum Gasteiger partial charge on any atom is -0.377 e. The zero-order valence-electron chi connectivity index (χ0n) is 11.7. The summed E-state index contributed by atoms with van der Waals surface area (Å²) in [5.74, 6) is 0. The maximum Gasteiger partial charge on any atom is 0.240 e. The first kappa shape index (κ1) is 15.9. The lowest BCUT2D eigenvalue weighted by Crippen LogP contribution is -2.34. The molecule has 0 aromatic heterocycles. The number of nitrogens with one attached hydrogen (secondary N) is 2. The number of ether oxygens (including phenoxy) is 1. The highest BCUT2D eigenvalue weighted by molar-refractivity contribution is 7.89. The van der Waals surface area contributed by atoms with Crippen LogP contribution in [0, 0.1) is 11.3 Å². The Morgan fingerprint density at radius 2 is 1.95 bits per heavy atom. The monoisotopic (exact) mass is 309 g/mol. The Morgan fingerprint density at radius 3 is 2.57 bits per heavy atom. The fourth-order valence-corrected chi connectivity index (χ4v) is 3.17. The number of nitrogens with zero attached hydrogens (tertiary/aromatic N) is 1. The summed E-state index contributed by atoms with van der Waals surface area (Å²) in [5.41, 5.74) is 0.434. The molecule has 2 rings (SSSR count). The molecule has 0 saturated carbocycles. The maximum atomic E-state index is 12.0. The van der Waals surface area contributed by atoms with Crippen molar-refractivity contribution in [3.05, 3.63) is 29.8 Å². The molecule has 2 N–H and O–H groups in total. The summed E-state index contributed by atoms with van der Waals surface area (Å²) in [6.07, 6.45) is 2.13. The van der Waals surface area contributed by atoms with Crippen molar-refractivity contribution in [2.75, 3.05) is 26.2 Å². The highest BCUT2D eigenvalue weighted by atomic mass is 32.2. The van der Waals surface area contributed by atoms with Gasteiger partial charge in [0.15, 0.2) is 0 Å². The van der Waals surface area contributed by atoms with Gasteiger partial charge in [-0.3, -0.25) is 0 Å².